The van der Waals surface area contributed by atoms with Crippen molar-refractivity contribution < 1.29 is 28.2 Å². The first-order chi connectivity index (χ1) is 19.5. The Kier molecular flexibility index (Phi) is 8.95. The minimum Gasteiger partial charge on any atom is -0.443 e. The number of halogens is 3. The van der Waals surface area contributed by atoms with E-state index in [1.807, 2.05) is 6.07 Å². The predicted octanol–water partition coefficient (Wildman–Crippen LogP) is 4.32. The second-order valence-electron chi connectivity index (χ2n) is 9.82. The second kappa shape index (κ2) is 12.4. The highest BCUT2D eigenvalue weighted by Crippen LogP contribution is 2.33. The number of guanidine groups is 1. The van der Waals surface area contributed by atoms with E-state index in [1.54, 1.807) is 38.1 Å². The van der Waals surface area contributed by atoms with Gasteiger partial charge in [0.2, 0.25) is 5.96 Å². The van der Waals surface area contributed by atoms with Gasteiger partial charge in [0.05, 0.1) is 34.8 Å². The molecule has 0 saturated carbocycles. The van der Waals surface area contributed by atoms with Crippen LogP contribution >= 0.6 is 11.6 Å². The number of carbonyl (C=O) groups excluding carboxylic acids is 2. The molecule has 2 amide bonds. The van der Waals surface area contributed by atoms with Crippen molar-refractivity contribution in [1.29, 1.82) is 5.26 Å². The number of hydrogen-bond donors (Lipinski definition) is 2. The standard InChI is InChI=1S/C27H26ClF2N7O4/c1-27(2,14-31)11-19-24(39)36(25(34-19)35-26(40)41-13-16-6-4-3-5-7-16)21(12-38)17-8-9-18(28)20(10-17)37-23(22(29)30)32-15-33-37/h3-10,15,19,21-22,38H,11-13H2,1-2H3,(H,34,35,40)/t19-,21?/m1/s1. The van der Waals surface area contributed by atoms with Gasteiger partial charge in [-0.1, -0.05) is 48.0 Å². The summed E-state index contributed by atoms with van der Waals surface area (Å²) in [7, 11) is 0. The Hall–Kier alpha value is -4.41. The zero-order chi connectivity index (χ0) is 29.7. The molecule has 11 nitrogen and oxygen atoms in total. The van der Waals surface area contributed by atoms with E-state index >= 15 is 0 Å². The summed E-state index contributed by atoms with van der Waals surface area (Å²) in [5.74, 6) is -1.41. The fourth-order valence-corrected chi connectivity index (χ4v) is 4.50. The zero-order valence-corrected chi connectivity index (χ0v) is 22.8. The van der Waals surface area contributed by atoms with Crippen LogP contribution in [0.1, 0.15) is 49.7 Å². The molecule has 0 aliphatic carbocycles. The number of carbonyl (C=O) groups is 2. The maximum absolute atomic E-state index is 13.6. The zero-order valence-electron chi connectivity index (χ0n) is 22.0. The number of nitrogens with zero attached hydrogens (tertiary/aromatic N) is 6. The molecule has 1 aliphatic rings. The van der Waals surface area contributed by atoms with Gasteiger partial charge in [-0.15, -0.1) is 4.99 Å². The van der Waals surface area contributed by atoms with Gasteiger partial charge in [-0.3, -0.25) is 9.69 Å². The number of rotatable bonds is 9. The van der Waals surface area contributed by atoms with Crippen LogP contribution in [0.4, 0.5) is 13.6 Å². The summed E-state index contributed by atoms with van der Waals surface area (Å²) in [6.07, 6.45) is -2.92. The Morgan fingerprint density at radius 1 is 1.29 bits per heavy atom. The SMILES string of the molecule is CC(C)(C#N)C[C@H]1NC(=NC(=O)OCc2ccccc2)N(C(CO)c2ccc(Cl)c(-n3ncnc3C(F)F)c2)C1=O. The van der Waals surface area contributed by atoms with Crippen molar-refractivity contribution in [3.05, 3.63) is 76.8 Å². The van der Waals surface area contributed by atoms with Gasteiger partial charge in [-0.2, -0.15) is 10.4 Å². The normalized spacial score (nSPS) is 17.0. The summed E-state index contributed by atoms with van der Waals surface area (Å²) in [5, 5.41) is 26.7. The van der Waals surface area contributed by atoms with Crippen molar-refractivity contribution in [2.75, 3.05) is 6.61 Å². The number of hydrogen-bond acceptors (Lipinski definition) is 7. The van der Waals surface area contributed by atoms with Crippen molar-refractivity contribution in [1.82, 2.24) is 25.0 Å². The van der Waals surface area contributed by atoms with E-state index in [9.17, 15) is 28.7 Å². The molecule has 2 aromatic carbocycles. The average Bonchev–Trinajstić information content (AvgIpc) is 3.55. The number of aliphatic hydroxyl groups is 1. The van der Waals surface area contributed by atoms with Gasteiger partial charge < -0.3 is 15.2 Å². The molecule has 3 aromatic rings. The molecule has 2 heterocycles. The van der Waals surface area contributed by atoms with Crippen LogP contribution in [0.2, 0.25) is 5.02 Å². The van der Waals surface area contributed by atoms with Crippen LogP contribution < -0.4 is 5.32 Å². The number of alkyl halides is 2. The number of benzene rings is 2. The second-order valence-corrected chi connectivity index (χ2v) is 10.2. The monoisotopic (exact) mass is 585 g/mol. The molecule has 1 fully saturated rings. The van der Waals surface area contributed by atoms with E-state index in [2.05, 4.69) is 26.5 Å². The number of aromatic nitrogens is 3. The van der Waals surface area contributed by atoms with Gasteiger partial charge in [0.1, 0.15) is 19.0 Å². The quantitative estimate of drug-likeness (QED) is 0.377. The van der Waals surface area contributed by atoms with Crippen molar-refractivity contribution in [3.8, 4) is 11.8 Å². The number of aliphatic imine (C=N–C) groups is 1. The molecular weight excluding hydrogens is 560 g/mol. The van der Waals surface area contributed by atoms with Gasteiger partial charge in [0.15, 0.2) is 5.82 Å². The van der Waals surface area contributed by atoms with E-state index in [1.165, 1.54) is 18.2 Å². The molecule has 0 radical (unpaired) electrons. The molecule has 14 heteroatoms. The Labute approximate surface area is 239 Å². The Bertz CT molecular complexity index is 1490. The molecule has 2 N–H and O–H groups in total. The van der Waals surface area contributed by atoms with Crippen LogP contribution in [0.15, 0.2) is 59.9 Å². The third-order valence-corrected chi connectivity index (χ3v) is 6.64. The molecule has 1 unspecified atom stereocenters. The van der Waals surface area contributed by atoms with Crippen LogP contribution in [-0.2, 0) is 16.1 Å². The topological polar surface area (TPSA) is 146 Å². The highest BCUT2D eigenvalue weighted by molar-refractivity contribution is 6.32. The van der Waals surface area contributed by atoms with E-state index in [4.69, 9.17) is 16.3 Å². The fourth-order valence-electron chi connectivity index (χ4n) is 4.30. The van der Waals surface area contributed by atoms with E-state index < -0.39 is 48.4 Å². The summed E-state index contributed by atoms with van der Waals surface area (Å²) in [4.78, 5) is 34.9. The van der Waals surface area contributed by atoms with Gasteiger partial charge >= 0.3 is 6.09 Å². The molecule has 1 aliphatic heterocycles. The third kappa shape index (κ3) is 6.67. The Balaban J connectivity index is 1.70. The molecule has 2 atom stereocenters. The smallest absolute Gasteiger partial charge is 0.437 e. The molecule has 1 aromatic heterocycles. The van der Waals surface area contributed by atoms with Crippen LogP contribution in [0.3, 0.4) is 0 Å². The van der Waals surface area contributed by atoms with E-state index in [-0.39, 0.29) is 35.3 Å². The highest BCUT2D eigenvalue weighted by Gasteiger charge is 2.44. The lowest BCUT2D eigenvalue weighted by Gasteiger charge is -2.27. The van der Waals surface area contributed by atoms with Gasteiger partial charge in [-0.05, 0) is 43.5 Å². The first kappa shape index (κ1) is 29.6. The molecule has 1 saturated heterocycles. The first-order valence-corrected chi connectivity index (χ1v) is 12.8. The van der Waals surface area contributed by atoms with E-state index in [0.29, 0.717) is 0 Å². The maximum atomic E-state index is 13.6. The van der Waals surface area contributed by atoms with Crippen LogP contribution in [0.5, 0.6) is 0 Å². The minimum atomic E-state index is -2.94. The Morgan fingerprint density at radius 3 is 2.68 bits per heavy atom. The lowest BCUT2D eigenvalue weighted by atomic mass is 9.87. The largest absolute Gasteiger partial charge is 0.443 e. The molecule has 4 rings (SSSR count). The summed E-state index contributed by atoms with van der Waals surface area (Å²) in [5.41, 5.74) is 0.130. The lowest BCUT2D eigenvalue weighted by Crippen LogP contribution is -2.39. The fraction of sp³-hybridized carbons (Fsp3) is 0.333. The van der Waals surface area contributed by atoms with Crippen molar-refractivity contribution in [2.45, 2.75) is 45.4 Å². The van der Waals surface area contributed by atoms with Crippen LogP contribution in [0.25, 0.3) is 5.69 Å². The number of nitriles is 1. The highest BCUT2D eigenvalue weighted by atomic mass is 35.5. The van der Waals surface area contributed by atoms with E-state index in [0.717, 1.165) is 21.5 Å². The summed E-state index contributed by atoms with van der Waals surface area (Å²) in [6, 6.07) is 13.2. The van der Waals surface area contributed by atoms with Gasteiger partial charge in [-0.25, -0.2) is 23.2 Å². The third-order valence-electron chi connectivity index (χ3n) is 6.32. The maximum Gasteiger partial charge on any atom is 0.437 e. The van der Waals surface area contributed by atoms with Gasteiger partial charge in [0, 0.05) is 0 Å². The summed E-state index contributed by atoms with van der Waals surface area (Å²) in [6.45, 7) is 2.61. The summed E-state index contributed by atoms with van der Waals surface area (Å²) < 4.78 is 33.1. The molecule has 41 heavy (non-hydrogen) atoms. The minimum absolute atomic E-state index is 0.0398. The lowest BCUT2D eigenvalue weighted by molar-refractivity contribution is -0.129. The number of amides is 2. The molecule has 0 bridgehead atoms. The Morgan fingerprint density at radius 2 is 2.02 bits per heavy atom. The predicted molar refractivity (Wildman–Crippen MR) is 143 cm³/mol. The molecular formula is C27H26ClF2N7O4. The van der Waals surface area contributed by atoms with Crippen molar-refractivity contribution in [3.63, 3.8) is 0 Å². The molecule has 0 spiro atoms. The van der Waals surface area contributed by atoms with Crippen LogP contribution in [-0.4, -0.2) is 55.4 Å². The van der Waals surface area contributed by atoms with Gasteiger partial charge in [0.25, 0.3) is 12.3 Å². The summed E-state index contributed by atoms with van der Waals surface area (Å²) >= 11 is 6.29. The number of nitrogens with one attached hydrogen (secondary N) is 1. The first-order valence-electron chi connectivity index (χ1n) is 12.4. The van der Waals surface area contributed by atoms with Crippen molar-refractivity contribution in [2.24, 2.45) is 10.4 Å². The number of ether oxygens (including phenoxy) is 1. The number of aliphatic hydroxyl groups excluding tert-OH is 1. The average molecular weight is 586 g/mol. The van der Waals surface area contributed by atoms with Crippen LogP contribution in [0, 0.1) is 16.7 Å². The molecule has 214 valence electrons. The van der Waals surface area contributed by atoms with Crippen molar-refractivity contribution >= 4 is 29.6 Å².